The van der Waals surface area contributed by atoms with Gasteiger partial charge in [-0.3, -0.25) is 4.90 Å². The number of anilines is 1. The van der Waals surface area contributed by atoms with Gasteiger partial charge in [-0.2, -0.15) is 0 Å². The molecule has 2 N–H and O–H groups in total. The molecule has 0 saturated carbocycles. The Balaban J connectivity index is 1.65. The van der Waals surface area contributed by atoms with E-state index in [1.165, 1.54) is 11.3 Å². The third-order valence-corrected chi connectivity index (χ3v) is 3.25. The number of ether oxygens (including phenoxy) is 1. The van der Waals surface area contributed by atoms with Gasteiger partial charge >= 0.3 is 0 Å². The van der Waals surface area contributed by atoms with E-state index in [0.29, 0.717) is 0 Å². The topological polar surface area (TPSA) is 36.5 Å². The van der Waals surface area contributed by atoms with Crippen LogP contribution in [0.25, 0.3) is 0 Å². The summed E-state index contributed by atoms with van der Waals surface area (Å²) in [5, 5.41) is 6.65. The van der Waals surface area contributed by atoms with E-state index in [2.05, 4.69) is 39.8 Å². The molecule has 0 amide bonds. The smallest absolute Gasteiger partial charge is 0.0594 e. The van der Waals surface area contributed by atoms with E-state index in [1.807, 2.05) is 7.05 Å². The summed E-state index contributed by atoms with van der Waals surface area (Å²) in [6, 6.07) is 8.51. The van der Waals surface area contributed by atoms with Crippen molar-refractivity contribution >= 4 is 5.69 Å². The van der Waals surface area contributed by atoms with Crippen LogP contribution in [0.3, 0.4) is 0 Å². The van der Waals surface area contributed by atoms with Gasteiger partial charge in [0.15, 0.2) is 0 Å². The largest absolute Gasteiger partial charge is 0.388 e. The Labute approximate surface area is 109 Å². The second-order valence-corrected chi connectivity index (χ2v) is 4.58. The predicted octanol–water partition coefficient (Wildman–Crippen LogP) is 1.15. The summed E-state index contributed by atoms with van der Waals surface area (Å²) in [5.74, 6) is 0. The number of rotatable bonds is 6. The van der Waals surface area contributed by atoms with Crippen molar-refractivity contribution in [3.8, 4) is 0 Å². The zero-order chi connectivity index (χ0) is 12.6. The zero-order valence-electron chi connectivity index (χ0n) is 11.1. The van der Waals surface area contributed by atoms with Crippen LogP contribution in [0.5, 0.6) is 0 Å². The molecular weight excluding hydrogens is 226 g/mol. The summed E-state index contributed by atoms with van der Waals surface area (Å²) in [6.07, 6.45) is 0. The van der Waals surface area contributed by atoms with Gasteiger partial charge in [0.2, 0.25) is 0 Å². The first kappa shape index (κ1) is 13.3. The molecule has 4 nitrogen and oxygen atoms in total. The molecule has 1 fully saturated rings. The molecule has 0 bridgehead atoms. The maximum Gasteiger partial charge on any atom is 0.0594 e. The number of nitrogens with zero attached hydrogens (tertiary/aromatic N) is 1. The van der Waals surface area contributed by atoms with Gasteiger partial charge in [0.05, 0.1) is 13.2 Å². The molecule has 1 saturated heterocycles. The maximum absolute atomic E-state index is 5.33. The fourth-order valence-corrected chi connectivity index (χ4v) is 2.13. The molecule has 4 heteroatoms. The summed E-state index contributed by atoms with van der Waals surface area (Å²) in [4.78, 5) is 2.44. The lowest BCUT2D eigenvalue weighted by atomic mass is 10.2. The molecule has 2 rings (SSSR count). The Bertz CT molecular complexity index is 351. The van der Waals surface area contributed by atoms with Crippen molar-refractivity contribution in [2.45, 2.75) is 6.54 Å². The summed E-state index contributed by atoms with van der Waals surface area (Å²) < 4.78 is 5.33. The number of hydrogen-bond donors (Lipinski definition) is 2. The van der Waals surface area contributed by atoms with Crippen LogP contribution in [0.2, 0.25) is 0 Å². The Hall–Kier alpha value is -1.10. The Morgan fingerprint density at radius 2 is 2.11 bits per heavy atom. The van der Waals surface area contributed by atoms with Crippen LogP contribution in [0, 0.1) is 0 Å². The van der Waals surface area contributed by atoms with Crippen LogP contribution in [0.4, 0.5) is 5.69 Å². The minimum Gasteiger partial charge on any atom is -0.388 e. The molecule has 0 unspecified atom stereocenters. The molecule has 1 aliphatic heterocycles. The molecule has 1 aromatic carbocycles. The fourth-order valence-electron chi connectivity index (χ4n) is 2.13. The molecule has 1 aliphatic rings. The van der Waals surface area contributed by atoms with E-state index in [0.717, 1.165) is 45.9 Å². The van der Waals surface area contributed by atoms with E-state index in [4.69, 9.17) is 4.74 Å². The fraction of sp³-hybridized carbons (Fsp3) is 0.571. The first-order valence-corrected chi connectivity index (χ1v) is 6.66. The molecule has 100 valence electrons. The molecule has 0 radical (unpaired) electrons. The maximum atomic E-state index is 5.33. The van der Waals surface area contributed by atoms with Gasteiger partial charge in [0.25, 0.3) is 0 Å². The summed E-state index contributed by atoms with van der Waals surface area (Å²) in [7, 11) is 1.95. The third-order valence-electron chi connectivity index (χ3n) is 3.25. The van der Waals surface area contributed by atoms with E-state index in [-0.39, 0.29) is 0 Å². The number of nitrogens with one attached hydrogen (secondary N) is 2. The van der Waals surface area contributed by atoms with Crippen LogP contribution in [-0.2, 0) is 11.3 Å². The van der Waals surface area contributed by atoms with Crippen LogP contribution < -0.4 is 10.6 Å². The molecule has 1 heterocycles. The highest BCUT2D eigenvalue weighted by Crippen LogP contribution is 2.09. The summed E-state index contributed by atoms with van der Waals surface area (Å²) in [5.41, 5.74) is 2.49. The molecular formula is C14H23N3O. The third kappa shape index (κ3) is 4.29. The van der Waals surface area contributed by atoms with Gasteiger partial charge in [0, 0.05) is 45.5 Å². The lowest BCUT2D eigenvalue weighted by Gasteiger charge is -2.26. The van der Waals surface area contributed by atoms with Gasteiger partial charge in [-0.15, -0.1) is 0 Å². The van der Waals surface area contributed by atoms with Gasteiger partial charge in [-0.25, -0.2) is 0 Å². The van der Waals surface area contributed by atoms with Crippen molar-refractivity contribution in [1.29, 1.82) is 0 Å². The standard InChI is InChI=1S/C14H23N3O/c1-15-14-4-2-3-13(11-14)12-16-5-6-17-7-9-18-10-8-17/h2-4,11,15-16H,5-10,12H2,1H3. The normalized spacial score (nSPS) is 16.7. The highest BCUT2D eigenvalue weighted by Gasteiger charge is 2.08. The Kier molecular flexibility index (Phi) is 5.45. The van der Waals surface area contributed by atoms with Crippen LogP contribution >= 0.6 is 0 Å². The first-order chi connectivity index (χ1) is 8.88. The van der Waals surface area contributed by atoms with E-state index in [1.54, 1.807) is 0 Å². The Morgan fingerprint density at radius 1 is 1.28 bits per heavy atom. The SMILES string of the molecule is CNc1cccc(CNCCN2CCOCC2)c1. The van der Waals surface area contributed by atoms with Crippen LogP contribution in [-0.4, -0.2) is 51.3 Å². The molecule has 18 heavy (non-hydrogen) atoms. The van der Waals surface area contributed by atoms with Crippen molar-refractivity contribution < 1.29 is 4.74 Å². The van der Waals surface area contributed by atoms with Crippen molar-refractivity contribution in [2.75, 3.05) is 51.8 Å². The van der Waals surface area contributed by atoms with Gasteiger partial charge in [-0.05, 0) is 17.7 Å². The van der Waals surface area contributed by atoms with Gasteiger partial charge in [0.1, 0.15) is 0 Å². The predicted molar refractivity (Wildman–Crippen MR) is 75.0 cm³/mol. The highest BCUT2D eigenvalue weighted by atomic mass is 16.5. The summed E-state index contributed by atoms with van der Waals surface area (Å²) >= 11 is 0. The van der Waals surface area contributed by atoms with Gasteiger partial charge < -0.3 is 15.4 Å². The molecule has 0 aliphatic carbocycles. The van der Waals surface area contributed by atoms with Crippen molar-refractivity contribution in [2.24, 2.45) is 0 Å². The average molecular weight is 249 g/mol. The monoisotopic (exact) mass is 249 g/mol. The van der Waals surface area contributed by atoms with Gasteiger partial charge in [-0.1, -0.05) is 12.1 Å². The van der Waals surface area contributed by atoms with E-state index in [9.17, 15) is 0 Å². The highest BCUT2D eigenvalue weighted by molar-refractivity contribution is 5.44. The van der Waals surface area contributed by atoms with Crippen LogP contribution in [0.15, 0.2) is 24.3 Å². The van der Waals surface area contributed by atoms with E-state index < -0.39 is 0 Å². The minimum atomic E-state index is 0.879. The Morgan fingerprint density at radius 3 is 2.89 bits per heavy atom. The van der Waals surface area contributed by atoms with Crippen molar-refractivity contribution in [3.63, 3.8) is 0 Å². The molecule has 1 aromatic rings. The number of benzene rings is 1. The quantitative estimate of drug-likeness (QED) is 0.742. The van der Waals surface area contributed by atoms with Crippen LogP contribution in [0.1, 0.15) is 5.56 Å². The lowest BCUT2D eigenvalue weighted by molar-refractivity contribution is 0.0384. The second-order valence-electron chi connectivity index (χ2n) is 4.58. The molecule has 0 atom stereocenters. The molecule has 0 spiro atoms. The first-order valence-electron chi connectivity index (χ1n) is 6.66. The summed E-state index contributed by atoms with van der Waals surface area (Å²) in [6.45, 7) is 6.96. The lowest BCUT2D eigenvalue weighted by Crippen LogP contribution is -2.40. The van der Waals surface area contributed by atoms with E-state index >= 15 is 0 Å². The average Bonchev–Trinajstić information content (AvgIpc) is 2.45. The number of hydrogen-bond acceptors (Lipinski definition) is 4. The van der Waals surface area contributed by atoms with Crippen molar-refractivity contribution in [3.05, 3.63) is 29.8 Å². The minimum absolute atomic E-state index is 0.879. The van der Waals surface area contributed by atoms with Crippen molar-refractivity contribution in [1.82, 2.24) is 10.2 Å². The zero-order valence-corrected chi connectivity index (χ0v) is 11.1. The molecule has 0 aromatic heterocycles. The second kappa shape index (κ2) is 7.36. The number of morpholine rings is 1.